The molecular weight excluding hydrogens is 521 g/mol. The lowest BCUT2D eigenvalue weighted by atomic mass is 10.1. The second kappa shape index (κ2) is 11.7. The van der Waals surface area contributed by atoms with E-state index in [0.29, 0.717) is 22.8 Å². The summed E-state index contributed by atoms with van der Waals surface area (Å²) >= 11 is 4.39. The predicted octanol–water partition coefficient (Wildman–Crippen LogP) is 4.87. The highest BCUT2D eigenvalue weighted by Gasteiger charge is 2.31. The molecule has 0 spiro atoms. The van der Waals surface area contributed by atoms with E-state index in [-0.39, 0.29) is 5.75 Å². The average Bonchev–Trinajstić information content (AvgIpc) is 3.39. The molecule has 1 aromatic heterocycles. The molecule has 0 radical (unpaired) electrons. The van der Waals surface area contributed by atoms with Crippen LogP contribution in [0.3, 0.4) is 0 Å². The van der Waals surface area contributed by atoms with Crippen LogP contribution in [0.25, 0.3) is 17.1 Å². The number of carbonyl (C=O) groups excluding carboxylic acids is 1. The van der Waals surface area contributed by atoms with Crippen LogP contribution in [-0.4, -0.2) is 45.9 Å². The van der Waals surface area contributed by atoms with Gasteiger partial charge in [0.2, 0.25) is 0 Å². The number of alkyl halides is 3. The largest absolute Gasteiger partial charge is 0.573 e. The number of anilines is 1. The summed E-state index contributed by atoms with van der Waals surface area (Å²) in [6.45, 7) is 0. The Labute approximate surface area is 220 Å². The van der Waals surface area contributed by atoms with Crippen LogP contribution in [0, 0.1) is 0 Å². The van der Waals surface area contributed by atoms with Gasteiger partial charge in [-0.1, -0.05) is 36.4 Å². The van der Waals surface area contributed by atoms with Crippen molar-refractivity contribution < 1.29 is 27.4 Å². The number of carbonyl (C=O) groups is 1. The SMILES string of the molecule is COC(=O)c1ccccc1NC(S)N/N=C/c1ccc(-c2ncn(-c3ccc(OC(F)(F)F)cc3)n2)cc1. The number of aromatic nitrogens is 3. The van der Waals surface area contributed by atoms with E-state index in [1.54, 1.807) is 30.5 Å². The monoisotopic (exact) mass is 542 g/mol. The van der Waals surface area contributed by atoms with E-state index in [2.05, 4.69) is 43.3 Å². The zero-order valence-electron chi connectivity index (χ0n) is 19.8. The number of halogens is 3. The van der Waals surface area contributed by atoms with Crippen molar-refractivity contribution in [2.24, 2.45) is 5.10 Å². The number of nitrogens with zero attached hydrogens (tertiary/aromatic N) is 4. The Bertz CT molecular complexity index is 1410. The first-order valence-corrected chi connectivity index (χ1v) is 11.5. The van der Waals surface area contributed by atoms with Crippen LogP contribution in [-0.2, 0) is 4.74 Å². The van der Waals surface area contributed by atoms with Gasteiger partial charge in [0.05, 0.1) is 30.3 Å². The van der Waals surface area contributed by atoms with Gasteiger partial charge < -0.3 is 14.8 Å². The molecule has 13 heteroatoms. The van der Waals surface area contributed by atoms with Gasteiger partial charge in [0.25, 0.3) is 0 Å². The Morgan fingerprint density at radius 1 is 1.08 bits per heavy atom. The Kier molecular flexibility index (Phi) is 8.16. The number of nitrogens with one attached hydrogen (secondary N) is 2. The van der Waals surface area contributed by atoms with Crippen molar-refractivity contribution in [3.8, 4) is 22.8 Å². The second-order valence-corrected chi connectivity index (χ2v) is 8.16. The van der Waals surface area contributed by atoms with Crippen molar-refractivity contribution >= 4 is 30.5 Å². The van der Waals surface area contributed by atoms with Gasteiger partial charge in [0.1, 0.15) is 12.1 Å². The highest BCUT2D eigenvalue weighted by Crippen LogP contribution is 2.24. The molecular formula is C25H21F3N6O3S. The number of thiol groups is 1. The maximum Gasteiger partial charge on any atom is 0.573 e. The van der Waals surface area contributed by atoms with E-state index >= 15 is 0 Å². The van der Waals surface area contributed by atoms with E-state index in [0.717, 1.165) is 11.1 Å². The Hall–Kier alpha value is -4.52. The lowest BCUT2D eigenvalue weighted by Crippen LogP contribution is -2.28. The van der Waals surface area contributed by atoms with Crippen LogP contribution in [0.2, 0.25) is 0 Å². The van der Waals surface area contributed by atoms with E-state index in [9.17, 15) is 18.0 Å². The van der Waals surface area contributed by atoms with E-state index in [1.807, 2.05) is 24.3 Å². The molecule has 4 rings (SSSR count). The predicted molar refractivity (Wildman–Crippen MR) is 138 cm³/mol. The van der Waals surface area contributed by atoms with Crippen molar-refractivity contribution in [1.82, 2.24) is 20.2 Å². The molecule has 2 N–H and O–H groups in total. The topological polar surface area (TPSA) is 103 Å². The summed E-state index contributed by atoms with van der Waals surface area (Å²) in [7, 11) is 1.31. The van der Waals surface area contributed by atoms with Gasteiger partial charge in [-0.3, -0.25) is 5.43 Å². The third-order valence-corrected chi connectivity index (χ3v) is 5.28. The quantitative estimate of drug-likeness (QED) is 0.0912. The summed E-state index contributed by atoms with van der Waals surface area (Å²) in [6.07, 6.45) is -1.69. The normalized spacial score (nSPS) is 12.2. The number of hydrogen-bond donors (Lipinski definition) is 3. The molecule has 38 heavy (non-hydrogen) atoms. The summed E-state index contributed by atoms with van der Waals surface area (Å²) in [5.74, 6) is -0.351. The molecule has 196 valence electrons. The standard InChI is InChI=1S/C25H21F3N6O3S/c1-36-23(35)20-4-2-3-5-21(20)31-24(38)32-30-14-16-6-8-17(9-7-16)22-29-15-34(33-22)18-10-12-19(13-11-18)37-25(26,27)28/h2-15,24,31-32,38H,1H3/b30-14+. The third-order valence-electron chi connectivity index (χ3n) is 5.03. The Balaban J connectivity index is 1.34. The molecule has 4 aromatic rings. The highest BCUT2D eigenvalue weighted by molar-refractivity contribution is 7.81. The molecule has 0 bridgehead atoms. The molecule has 1 heterocycles. The van der Waals surface area contributed by atoms with Crippen LogP contribution >= 0.6 is 12.6 Å². The van der Waals surface area contributed by atoms with Gasteiger partial charge in [0, 0.05) is 5.56 Å². The highest BCUT2D eigenvalue weighted by atomic mass is 32.1. The first-order valence-electron chi connectivity index (χ1n) is 11.0. The minimum Gasteiger partial charge on any atom is -0.465 e. The minimum absolute atomic E-state index is 0.320. The molecule has 0 saturated carbocycles. The molecule has 9 nitrogen and oxygen atoms in total. The third kappa shape index (κ3) is 7.03. The molecule has 0 aliphatic rings. The maximum atomic E-state index is 12.3. The van der Waals surface area contributed by atoms with Crippen LogP contribution in [0.15, 0.2) is 84.2 Å². The van der Waals surface area contributed by atoms with Crippen molar-refractivity contribution in [3.05, 3.63) is 90.3 Å². The van der Waals surface area contributed by atoms with Crippen LogP contribution in [0.1, 0.15) is 15.9 Å². The number of benzene rings is 3. The van der Waals surface area contributed by atoms with Crippen LogP contribution < -0.4 is 15.5 Å². The summed E-state index contributed by atoms with van der Waals surface area (Å²) in [5.41, 5.74) is 5.20. The molecule has 1 atom stereocenters. The van der Waals surface area contributed by atoms with Crippen molar-refractivity contribution in [2.45, 2.75) is 11.9 Å². The zero-order chi connectivity index (χ0) is 27.1. The number of para-hydroxylation sites is 1. The van der Waals surface area contributed by atoms with Crippen LogP contribution in [0.5, 0.6) is 5.75 Å². The number of esters is 1. The summed E-state index contributed by atoms with van der Waals surface area (Å²) in [4.78, 5) is 16.2. The molecule has 3 aromatic carbocycles. The van der Waals surface area contributed by atoms with E-state index < -0.39 is 17.8 Å². The molecule has 0 aliphatic heterocycles. The van der Waals surface area contributed by atoms with E-state index in [4.69, 9.17) is 4.74 Å². The van der Waals surface area contributed by atoms with Crippen molar-refractivity contribution in [1.29, 1.82) is 0 Å². The number of hydrazone groups is 1. The maximum absolute atomic E-state index is 12.3. The van der Waals surface area contributed by atoms with Gasteiger partial charge in [-0.05, 0) is 42.0 Å². The van der Waals surface area contributed by atoms with Gasteiger partial charge in [-0.2, -0.15) is 5.10 Å². The average molecular weight is 543 g/mol. The van der Waals surface area contributed by atoms with Crippen LogP contribution in [0.4, 0.5) is 18.9 Å². The van der Waals surface area contributed by atoms with Gasteiger partial charge >= 0.3 is 12.3 Å². The fourth-order valence-corrected chi connectivity index (χ4v) is 3.50. The number of ether oxygens (including phenoxy) is 2. The number of methoxy groups -OCH3 is 1. The Morgan fingerprint density at radius 3 is 2.47 bits per heavy atom. The Morgan fingerprint density at radius 2 is 1.79 bits per heavy atom. The van der Waals surface area contributed by atoms with Crippen molar-refractivity contribution in [2.75, 3.05) is 12.4 Å². The molecule has 0 aliphatic carbocycles. The first kappa shape index (κ1) is 26.5. The van der Waals surface area contributed by atoms with Gasteiger partial charge in [-0.15, -0.1) is 30.9 Å². The number of hydrogen-bond acceptors (Lipinski definition) is 9. The fourth-order valence-electron chi connectivity index (χ4n) is 3.30. The first-order chi connectivity index (χ1) is 18.2. The summed E-state index contributed by atoms with van der Waals surface area (Å²) in [5, 5.41) is 11.6. The minimum atomic E-state index is -4.75. The smallest absolute Gasteiger partial charge is 0.465 e. The lowest BCUT2D eigenvalue weighted by molar-refractivity contribution is -0.274. The van der Waals surface area contributed by atoms with Gasteiger partial charge in [0.15, 0.2) is 11.3 Å². The zero-order valence-corrected chi connectivity index (χ0v) is 20.6. The lowest BCUT2D eigenvalue weighted by Gasteiger charge is -2.16. The molecule has 0 saturated heterocycles. The second-order valence-electron chi connectivity index (χ2n) is 7.65. The summed E-state index contributed by atoms with van der Waals surface area (Å²) in [6, 6.07) is 19.4. The van der Waals surface area contributed by atoms with E-state index in [1.165, 1.54) is 42.4 Å². The van der Waals surface area contributed by atoms with Crippen molar-refractivity contribution in [3.63, 3.8) is 0 Å². The molecule has 1 unspecified atom stereocenters. The molecule has 0 amide bonds. The number of rotatable bonds is 9. The fraction of sp³-hybridized carbons (Fsp3) is 0.120. The summed E-state index contributed by atoms with van der Waals surface area (Å²) < 4.78 is 47.1. The van der Waals surface area contributed by atoms with Gasteiger partial charge in [-0.25, -0.2) is 14.5 Å². The molecule has 0 fully saturated rings.